The molecule has 0 heterocycles. The lowest BCUT2D eigenvalue weighted by Crippen LogP contribution is -3.00. The third kappa shape index (κ3) is 3.25. The van der Waals surface area contributed by atoms with E-state index < -0.39 is 0 Å². The molecule has 0 aromatic heterocycles. The van der Waals surface area contributed by atoms with Crippen LogP contribution in [0.2, 0.25) is 0 Å². The van der Waals surface area contributed by atoms with Gasteiger partial charge in [-0.25, -0.2) is 0 Å². The largest absolute Gasteiger partial charge is 1.00 e. The standard InChI is InChI=1S/C14H15S.HI/c1-2-15(13-9-5-3-6-10-13)14-11-7-4-8-12-14;/h3-12H,2H2,1H3;1H/q+1;/p-1. The Morgan fingerprint density at radius 2 is 1.12 bits per heavy atom. The van der Waals surface area contributed by atoms with E-state index in [9.17, 15) is 0 Å². The van der Waals surface area contributed by atoms with Crippen molar-refractivity contribution < 1.29 is 24.0 Å². The number of halogens is 1. The highest BCUT2D eigenvalue weighted by molar-refractivity contribution is 7.97. The van der Waals surface area contributed by atoms with E-state index in [1.165, 1.54) is 15.5 Å². The highest BCUT2D eigenvalue weighted by Crippen LogP contribution is 2.22. The van der Waals surface area contributed by atoms with E-state index in [1.54, 1.807) is 0 Å². The summed E-state index contributed by atoms with van der Waals surface area (Å²) < 4.78 is 0. The van der Waals surface area contributed by atoms with Gasteiger partial charge in [-0.1, -0.05) is 36.4 Å². The first-order valence-corrected chi connectivity index (χ1v) is 6.62. The van der Waals surface area contributed by atoms with Crippen molar-refractivity contribution in [3.8, 4) is 0 Å². The van der Waals surface area contributed by atoms with Crippen LogP contribution < -0.4 is 24.0 Å². The maximum atomic E-state index is 2.25. The molecule has 84 valence electrons. The highest BCUT2D eigenvalue weighted by atomic mass is 127. The van der Waals surface area contributed by atoms with Crippen LogP contribution in [0.15, 0.2) is 70.5 Å². The molecule has 16 heavy (non-hydrogen) atoms. The van der Waals surface area contributed by atoms with Crippen molar-refractivity contribution in [3.63, 3.8) is 0 Å². The normalized spacial score (nSPS) is 9.88. The highest BCUT2D eigenvalue weighted by Gasteiger charge is 2.21. The second-order valence-electron chi connectivity index (χ2n) is 3.31. The minimum absolute atomic E-state index is 0. The minimum Gasteiger partial charge on any atom is -1.00 e. The summed E-state index contributed by atoms with van der Waals surface area (Å²) >= 11 is 0. The third-order valence-corrected chi connectivity index (χ3v) is 4.60. The molecule has 0 spiro atoms. The van der Waals surface area contributed by atoms with Gasteiger partial charge >= 0.3 is 0 Å². The quantitative estimate of drug-likeness (QED) is 0.570. The van der Waals surface area contributed by atoms with Crippen LogP contribution in [0.3, 0.4) is 0 Å². The average molecular weight is 342 g/mol. The third-order valence-electron chi connectivity index (χ3n) is 2.34. The molecular formula is C14H15IS. The van der Waals surface area contributed by atoms with Gasteiger partial charge in [0.1, 0.15) is 5.75 Å². The second kappa shape index (κ2) is 6.97. The first-order chi connectivity index (χ1) is 7.42. The van der Waals surface area contributed by atoms with E-state index in [-0.39, 0.29) is 34.9 Å². The summed E-state index contributed by atoms with van der Waals surface area (Å²) in [5.74, 6) is 1.17. The maximum absolute atomic E-state index is 2.25. The molecule has 0 bridgehead atoms. The van der Waals surface area contributed by atoms with Gasteiger partial charge < -0.3 is 24.0 Å². The van der Waals surface area contributed by atoms with Crippen LogP contribution in [-0.4, -0.2) is 5.75 Å². The molecule has 0 radical (unpaired) electrons. The van der Waals surface area contributed by atoms with Gasteiger partial charge in [-0.05, 0) is 31.2 Å². The fourth-order valence-corrected chi connectivity index (χ4v) is 3.55. The van der Waals surface area contributed by atoms with E-state index >= 15 is 0 Å². The van der Waals surface area contributed by atoms with E-state index in [0.717, 1.165) is 0 Å². The van der Waals surface area contributed by atoms with Crippen LogP contribution in [0.5, 0.6) is 0 Å². The molecule has 0 atom stereocenters. The van der Waals surface area contributed by atoms with Crippen molar-refractivity contribution in [1.29, 1.82) is 0 Å². The number of benzene rings is 2. The monoisotopic (exact) mass is 342 g/mol. The van der Waals surface area contributed by atoms with Gasteiger partial charge in [-0.3, -0.25) is 0 Å². The first-order valence-electron chi connectivity index (χ1n) is 5.23. The fourth-order valence-electron chi connectivity index (χ4n) is 1.64. The molecule has 2 rings (SSSR count). The van der Waals surface area contributed by atoms with Gasteiger partial charge in [0.25, 0.3) is 0 Å². The molecule has 0 aliphatic heterocycles. The summed E-state index contributed by atoms with van der Waals surface area (Å²) in [5.41, 5.74) is 0. The van der Waals surface area contributed by atoms with Crippen LogP contribution in [0.25, 0.3) is 0 Å². The van der Waals surface area contributed by atoms with Crippen molar-refractivity contribution in [2.24, 2.45) is 0 Å². The summed E-state index contributed by atoms with van der Waals surface area (Å²) in [4.78, 5) is 2.87. The first kappa shape index (κ1) is 13.6. The molecule has 2 aromatic carbocycles. The summed E-state index contributed by atoms with van der Waals surface area (Å²) in [6, 6.07) is 21.5. The Bertz CT molecular complexity index is 360. The summed E-state index contributed by atoms with van der Waals surface area (Å²) in [5, 5.41) is 0. The van der Waals surface area contributed by atoms with Gasteiger partial charge in [0.15, 0.2) is 9.79 Å². The smallest absolute Gasteiger partial charge is 0.160 e. The molecular weight excluding hydrogens is 327 g/mol. The zero-order valence-corrected chi connectivity index (χ0v) is 12.2. The molecule has 0 fully saturated rings. The summed E-state index contributed by atoms with van der Waals surface area (Å²) in [6.07, 6.45) is 0. The maximum Gasteiger partial charge on any atom is 0.160 e. The lowest BCUT2D eigenvalue weighted by atomic mass is 10.4. The Morgan fingerprint density at radius 3 is 1.44 bits per heavy atom. The predicted octanol–water partition coefficient (Wildman–Crippen LogP) is 0.747. The van der Waals surface area contributed by atoms with Crippen molar-refractivity contribution in [3.05, 3.63) is 60.7 Å². The molecule has 2 heteroatoms. The molecule has 2 aromatic rings. The zero-order chi connectivity index (χ0) is 10.5. The van der Waals surface area contributed by atoms with E-state index in [4.69, 9.17) is 0 Å². The van der Waals surface area contributed by atoms with Crippen molar-refractivity contribution in [2.45, 2.75) is 16.7 Å². The van der Waals surface area contributed by atoms with Crippen molar-refractivity contribution >= 4 is 10.9 Å². The molecule has 0 aliphatic rings. The number of rotatable bonds is 3. The van der Waals surface area contributed by atoms with Crippen LogP contribution in [0.4, 0.5) is 0 Å². The van der Waals surface area contributed by atoms with Gasteiger partial charge in [-0.15, -0.1) is 0 Å². The molecule has 0 amide bonds. The fraction of sp³-hybridized carbons (Fsp3) is 0.143. The summed E-state index contributed by atoms with van der Waals surface area (Å²) in [6.45, 7) is 2.25. The summed E-state index contributed by atoms with van der Waals surface area (Å²) in [7, 11) is 0.242. The van der Waals surface area contributed by atoms with Crippen LogP contribution in [0, 0.1) is 0 Å². The van der Waals surface area contributed by atoms with Gasteiger partial charge in [-0.2, -0.15) is 0 Å². The number of hydrogen-bond acceptors (Lipinski definition) is 0. The minimum atomic E-state index is 0. The average Bonchev–Trinajstić information content (AvgIpc) is 2.33. The van der Waals surface area contributed by atoms with Gasteiger partial charge in [0, 0.05) is 0 Å². The SMILES string of the molecule is CC[S+](c1ccccc1)c1ccccc1.[I-]. The Morgan fingerprint density at radius 1 is 0.750 bits per heavy atom. The zero-order valence-electron chi connectivity index (χ0n) is 9.27. The molecule has 0 N–H and O–H groups in total. The van der Waals surface area contributed by atoms with E-state index in [1.807, 2.05) is 0 Å². The molecule has 0 unspecified atom stereocenters. The Balaban J connectivity index is 0.00000128. The lowest BCUT2D eigenvalue weighted by Gasteiger charge is -2.04. The van der Waals surface area contributed by atoms with E-state index in [2.05, 4.69) is 67.6 Å². The van der Waals surface area contributed by atoms with E-state index in [0.29, 0.717) is 0 Å². The Hall–Kier alpha value is -0.480. The van der Waals surface area contributed by atoms with Crippen molar-refractivity contribution in [1.82, 2.24) is 0 Å². The number of hydrogen-bond donors (Lipinski definition) is 0. The molecule has 0 aliphatic carbocycles. The lowest BCUT2D eigenvalue weighted by molar-refractivity contribution is -0.00000303. The second-order valence-corrected chi connectivity index (χ2v) is 5.61. The predicted molar refractivity (Wildman–Crippen MR) is 67.3 cm³/mol. The van der Waals surface area contributed by atoms with Crippen LogP contribution in [0.1, 0.15) is 6.92 Å². The topological polar surface area (TPSA) is 0 Å². The Kier molecular flexibility index (Phi) is 5.91. The van der Waals surface area contributed by atoms with Gasteiger partial charge in [0.2, 0.25) is 0 Å². The van der Waals surface area contributed by atoms with Crippen molar-refractivity contribution in [2.75, 3.05) is 5.75 Å². The van der Waals surface area contributed by atoms with Gasteiger partial charge in [0.05, 0.1) is 10.9 Å². The molecule has 0 nitrogen and oxygen atoms in total. The molecule has 0 saturated carbocycles. The van der Waals surface area contributed by atoms with Crippen LogP contribution in [-0.2, 0) is 10.9 Å². The van der Waals surface area contributed by atoms with Crippen LogP contribution >= 0.6 is 0 Å². The Labute approximate surface area is 117 Å². The molecule has 0 saturated heterocycles.